The molecule has 0 spiro atoms. The number of hydrogen-bond acceptors (Lipinski definition) is 13. The van der Waals surface area contributed by atoms with Gasteiger partial charge in [-0.15, -0.1) is 11.8 Å². The summed E-state index contributed by atoms with van der Waals surface area (Å²) >= 11 is 1.65. The fourth-order valence-electron chi connectivity index (χ4n) is 12.2. The first kappa shape index (κ1) is 73.2. The third kappa shape index (κ3) is 21.2. The Morgan fingerprint density at radius 3 is 1.72 bits per heavy atom. The number of hydrogen-bond donors (Lipinski definition) is 9. The molecule has 1 fully saturated rings. The van der Waals surface area contributed by atoms with Crippen molar-refractivity contribution in [3.8, 4) is 5.75 Å². The average molecular weight is 1340 g/mol. The maximum Gasteiger partial charge on any atom is 0.407 e. The van der Waals surface area contributed by atoms with E-state index < -0.39 is 112 Å². The lowest BCUT2D eigenvalue weighted by atomic mass is 9.84. The second-order valence-electron chi connectivity index (χ2n) is 25.7. The zero-order valence-corrected chi connectivity index (χ0v) is 56.5. The topological polar surface area (TPSA) is 295 Å². The van der Waals surface area contributed by atoms with Gasteiger partial charge in [-0.1, -0.05) is 158 Å². The molecule has 0 radical (unpaired) electrons. The van der Waals surface area contributed by atoms with Gasteiger partial charge in [-0.3, -0.25) is 38.4 Å². The summed E-state index contributed by atoms with van der Waals surface area (Å²) in [6.07, 6.45) is -1.35. The molecule has 9 N–H and O–H groups in total. The van der Waals surface area contributed by atoms with Gasteiger partial charge in [0.1, 0.15) is 23.4 Å². The molecule has 97 heavy (non-hydrogen) atoms. The number of H-pyrrole nitrogens is 1. The SMILES string of the molecule is C[C@@H](O)[C@@H]1NC(=O)[C@H](CCCCNC(=O)OC(C)(C)C)CC(=O)[C@@H](Cc2c[nH]c3ccccc23)NC(=O)[C@H](Cc2ccc(O)cc2)CC(=O)[C@H](CCC(=O)NCCNC(=O)CCSC(c2ccccc2)(c2ccccc2)c2ccccc2)N(C)C(=O)[C@H](Cc2ccccc2)NC1=O. The zero-order valence-electron chi connectivity index (χ0n) is 55.7. The van der Waals surface area contributed by atoms with Crippen LogP contribution in [0.2, 0.25) is 0 Å². The summed E-state index contributed by atoms with van der Waals surface area (Å²) in [5.74, 6) is -7.03. The Labute approximate surface area is 571 Å². The van der Waals surface area contributed by atoms with Gasteiger partial charge >= 0.3 is 6.09 Å². The van der Waals surface area contributed by atoms with Gasteiger partial charge in [0.2, 0.25) is 35.4 Å². The van der Waals surface area contributed by atoms with Crippen molar-refractivity contribution >= 4 is 75.8 Å². The molecule has 7 amide bonds. The number of carbonyl (C=O) groups excluding carboxylic acids is 9. The van der Waals surface area contributed by atoms with Crippen LogP contribution in [-0.2, 0) is 67.1 Å². The number of rotatable bonds is 25. The van der Waals surface area contributed by atoms with E-state index in [1.54, 1.807) is 81.2 Å². The van der Waals surface area contributed by atoms with Gasteiger partial charge in [-0.25, -0.2) is 4.79 Å². The molecule has 2 heterocycles. The molecular weight excluding hydrogens is 1250 g/mol. The van der Waals surface area contributed by atoms with Crippen LogP contribution in [0.4, 0.5) is 4.79 Å². The number of amides is 7. The van der Waals surface area contributed by atoms with Gasteiger partial charge in [0.15, 0.2) is 11.6 Å². The molecule has 0 saturated carbocycles. The van der Waals surface area contributed by atoms with Gasteiger partial charge in [-0.05, 0) is 105 Å². The molecular formula is C76H90N8O12S. The van der Waals surface area contributed by atoms with Crippen molar-refractivity contribution < 1.29 is 58.1 Å². The van der Waals surface area contributed by atoms with Crippen LogP contribution >= 0.6 is 11.8 Å². The van der Waals surface area contributed by atoms with Crippen molar-refractivity contribution in [3.63, 3.8) is 0 Å². The standard InChI is InChI=1S/C76H90N8O12S/c1-50(85)69-72(93)82-63(45-51-22-10-6-11-23-51)73(94)84(5)64(37-38-67(89)77-41-42-78-68(90)39-43-97-76(56-25-12-7-13-26-56,57-27-14-8-15-28-57)58-29-16-9-17-30-58)66(88)48-54(44-52-33-35-59(86)36-34-52)71(92)81-62(46-55-49-80-61-32-19-18-31-60(55)61)65(87)47-53(70(91)83-69)24-20-21-40-79-74(95)96-75(2,3)4/h6-19,22-23,25-36,49-50,53-54,62-64,69,80,85-86H,20-21,24,37-48H2,1-5H3,(H,77,89)(H,78,90)(H,79,95)(H,81,92)(H,82,93)(H,83,91)/t50-,53-,54-,62-,63+,64+,69+/m1/s1. The summed E-state index contributed by atoms with van der Waals surface area (Å²) in [6.45, 7) is 6.77. The molecule has 1 aromatic heterocycles. The minimum Gasteiger partial charge on any atom is -0.508 e. The van der Waals surface area contributed by atoms with Crippen LogP contribution in [0.1, 0.15) is 112 Å². The quantitative estimate of drug-likeness (QED) is 0.0192. The van der Waals surface area contributed by atoms with Gasteiger partial charge in [0.05, 0.1) is 22.9 Å². The Morgan fingerprint density at radius 2 is 1.12 bits per heavy atom. The first-order valence-corrected chi connectivity index (χ1v) is 34.2. The molecule has 0 unspecified atom stereocenters. The summed E-state index contributed by atoms with van der Waals surface area (Å²) < 4.78 is 4.76. The lowest BCUT2D eigenvalue weighted by Crippen LogP contribution is -2.59. The Balaban J connectivity index is 1.05. The maximum absolute atomic E-state index is 15.4. The van der Waals surface area contributed by atoms with Crippen LogP contribution < -0.4 is 31.9 Å². The van der Waals surface area contributed by atoms with Crippen molar-refractivity contribution in [2.24, 2.45) is 11.8 Å². The highest BCUT2D eigenvalue weighted by Gasteiger charge is 2.40. The van der Waals surface area contributed by atoms with Crippen LogP contribution in [0.15, 0.2) is 176 Å². The van der Waals surface area contributed by atoms with Crippen LogP contribution in [0.25, 0.3) is 10.9 Å². The predicted octanol–water partition coefficient (Wildman–Crippen LogP) is 8.55. The van der Waals surface area contributed by atoms with E-state index in [4.69, 9.17) is 4.74 Å². The monoisotopic (exact) mass is 1340 g/mol. The number of phenols is 1. The first-order chi connectivity index (χ1) is 46.6. The molecule has 1 aliphatic heterocycles. The van der Waals surface area contributed by atoms with E-state index in [1.165, 1.54) is 26.1 Å². The molecule has 1 saturated heterocycles. The van der Waals surface area contributed by atoms with Crippen LogP contribution in [-0.4, -0.2) is 142 Å². The van der Waals surface area contributed by atoms with Crippen molar-refractivity contribution in [1.82, 2.24) is 41.8 Å². The largest absolute Gasteiger partial charge is 0.508 e. The Morgan fingerprint density at radius 1 is 0.588 bits per heavy atom. The smallest absolute Gasteiger partial charge is 0.407 e. The first-order valence-electron chi connectivity index (χ1n) is 33.2. The highest BCUT2D eigenvalue weighted by Crippen LogP contribution is 2.48. The zero-order chi connectivity index (χ0) is 69.5. The van der Waals surface area contributed by atoms with E-state index in [9.17, 15) is 34.2 Å². The molecule has 7 atom stereocenters. The lowest BCUT2D eigenvalue weighted by molar-refractivity contribution is -0.143. The van der Waals surface area contributed by atoms with Crippen molar-refractivity contribution in [1.29, 1.82) is 0 Å². The molecule has 0 bridgehead atoms. The fraction of sp³-hybridized carbons (Fsp3) is 0.382. The number of aromatic amines is 1. The second kappa shape index (κ2) is 35.4. The summed E-state index contributed by atoms with van der Waals surface area (Å²) in [4.78, 5) is 135. The number of carbonyl (C=O) groups is 9. The van der Waals surface area contributed by atoms with Gasteiger partial charge in [0.25, 0.3) is 0 Å². The highest BCUT2D eigenvalue weighted by atomic mass is 32.2. The third-order valence-corrected chi connectivity index (χ3v) is 18.8. The average Bonchev–Trinajstić information content (AvgIpc) is 1.54. The number of aromatic nitrogens is 1. The number of unbranched alkanes of at least 4 members (excludes halogenated alkanes) is 1. The predicted molar refractivity (Wildman–Crippen MR) is 374 cm³/mol. The summed E-state index contributed by atoms with van der Waals surface area (Å²) in [6, 6.07) is 46.9. The van der Waals surface area contributed by atoms with Crippen LogP contribution in [0.3, 0.4) is 0 Å². The number of aromatic hydroxyl groups is 1. The van der Waals surface area contributed by atoms with E-state index in [1.807, 2.05) is 78.9 Å². The molecule has 0 aliphatic carbocycles. The number of nitrogens with one attached hydrogen (secondary N) is 7. The molecule has 8 rings (SSSR count). The lowest BCUT2D eigenvalue weighted by Gasteiger charge is -2.35. The number of nitrogens with zero attached hydrogens (tertiary/aromatic N) is 1. The van der Waals surface area contributed by atoms with E-state index in [0.717, 1.165) is 32.5 Å². The van der Waals surface area contributed by atoms with Crippen molar-refractivity contribution in [2.45, 2.75) is 139 Å². The summed E-state index contributed by atoms with van der Waals surface area (Å²) in [5, 5.41) is 39.2. The number of benzene rings is 6. The number of phenolic OH excluding ortho intramolecular Hbond substituents is 1. The van der Waals surface area contributed by atoms with Gasteiger partial charge < -0.3 is 56.7 Å². The van der Waals surface area contributed by atoms with Gasteiger partial charge in [-0.2, -0.15) is 0 Å². The minimum atomic E-state index is -1.67. The Bertz CT molecular complexity index is 3680. The number of para-hydroxylation sites is 1. The minimum absolute atomic E-state index is 0.0284. The number of aliphatic hydroxyl groups is 1. The summed E-state index contributed by atoms with van der Waals surface area (Å²) in [7, 11) is 1.37. The number of likely N-dealkylation sites (N-methyl/N-ethyl adjacent to an activating group) is 1. The molecule has 6 aromatic carbocycles. The second-order valence-corrected chi connectivity index (χ2v) is 27.0. The van der Waals surface area contributed by atoms with Crippen LogP contribution in [0.5, 0.6) is 5.75 Å². The highest BCUT2D eigenvalue weighted by molar-refractivity contribution is 8.00. The van der Waals surface area contributed by atoms with Crippen LogP contribution in [0, 0.1) is 11.8 Å². The van der Waals surface area contributed by atoms with E-state index in [-0.39, 0.29) is 76.2 Å². The molecule has 1 aliphatic rings. The van der Waals surface area contributed by atoms with Crippen molar-refractivity contribution in [2.75, 3.05) is 32.4 Å². The third-order valence-electron chi connectivity index (χ3n) is 17.3. The van der Waals surface area contributed by atoms with E-state index in [2.05, 4.69) is 73.3 Å². The number of thioether (sulfide) groups is 1. The van der Waals surface area contributed by atoms with Crippen molar-refractivity contribution in [3.05, 3.63) is 209 Å². The Hall–Kier alpha value is -9.60. The fourth-order valence-corrected chi connectivity index (χ4v) is 13.7. The van der Waals surface area contributed by atoms with Gasteiger partial charge in [0, 0.05) is 99.9 Å². The number of alkyl carbamates (subject to hydrolysis) is 1. The molecule has 20 nitrogen and oxygen atoms in total. The molecule has 512 valence electrons. The Kier molecular flexibility index (Phi) is 26.7. The number of fused-ring (bicyclic) bond motifs is 1. The number of Topliss-reactive ketones (excluding diaryl/α,β-unsaturated/α-hetero) is 2. The number of aliphatic hydroxyl groups excluding tert-OH is 1. The maximum atomic E-state index is 15.4. The van der Waals surface area contributed by atoms with E-state index in [0.29, 0.717) is 35.3 Å². The molecule has 21 heteroatoms. The number of ketones is 2. The van der Waals surface area contributed by atoms with E-state index >= 15 is 19.2 Å². The number of ether oxygens (including phenoxy) is 1. The summed E-state index contributed by atoms with van der Waals surface area (Å²) in [5.41, 5.74) is 5.02. The molecule has 7 aromatic rings. The normalized spacial score (nSPS) is 19.0.